The largest absolute Gasteiger partial charge is 0.462 e. The Morgan fingerprint density at radius 2 is 1.76 bits per heavy atom. The fraction of sp³-hybridized carbons (Fsp3) is 0.174. The number of para-hydroxylation sites is 1. The van der Waals surface area contributed by atoms with Crippen molar-refractivity contribution in [2.45, 2.75) is 6.92 Å². The molecule has 1 N–H and O–H groups in total. The molecule has 168 valence electrons. The minimum Gasteiger partial charge on any atom is -0.462 e. The van der Waals surface area contributed by atoms with Gasteiger partial charge in [-0.05, 0) is 37.3 Å². The van der Waals surface area contributed by atoms with Crippen LogP contribution in [0.25, 0.3) is 5.57 Å². The number of anilines is 2. The molecule has 8 nitrogen and oxygen atoms in total. The molecule has 2 aliphatic rings. The Labute approximate surface area is 199 Å². The van der Waals surface area contributed by atoms with Crippen LogP contribution in [0.15, 0.2) is 53.4 Å². The predicted octanol–water partition coefficient (Wildman–Crippen LogP) is 3.05. The molecule has 1 fully saturated rings. The van der Waals surface area contributed by atoms with E-state index in [1.807, 2.05) is 0 Å². The molecular formula is C23H19N3O5S2. The van der Waals surface area contributed by atoms with E-state index in [4.69, 9.17) is 17.0 Å². The smallest absolute Gasteiger partial charge is 0.338 e. The lowest BCUT2D eigenvalue weighted by Gasteiger charge is -2.17. The van der Waals surface area contributed by atoms with Crippen molar-refractivity contribution in [3.8, 4) is 0 Å². The average Bonchev–Trinajstić information content (AvgIpc) is 3.21. The predicted molar refractivity (Wildman–Crippen MR) is 130 cm³/mol. The summed E-state index contributed by atoms with van der Waals surface area (Å²) in [7, 11) is 1.56. The molecule has 0 unspecified atom stereocenters. The van der Waals surface area contributed by atoms with E-state index in [2.05, 4.69) is 5.32 Å². The highest BCUT2D eigenvalue weighted by Gasteiger charge is 2.41. The van der Waals surface area contributed by atoms with E-state index in [0.29, 0.717) is 26.8 Å². The summed E-state index contributed by atoms with van der Waals surface area (Å²) in [5.41, 5.74) is 2.23. The third-order valence-corrected chi connectivity index (χ3v) is 6.65. The van der Waals surface area contributed by atoms with Crippen LogP contribution in [0.5, 0.6) is 0 Å². The minimum absolute atomic E-state index is 0.245. The molecule has 2 aromatic carbocycles. The van der Waals surface area contributed by atoms with Crippen molar-refractivity contribution in [2.75, 3.05) is 30.4 Å². The number of fused-ring (bicyclic) bond motifs is 1. The topological polar surface area (TPSA) is 96.0 Å². The third-order valence-electron chi connectivity index (χ3n) is 5.09. The van der Waals surface area contributed by atoms with Crippen LogP contribution < -0.4 is 10.2 Å². The summed E-state index contributed by atoms with van der Waals surface area (Å²) in [4.78, 5) is 53.3. The first kappa shape index (κ1) is 22.7. The van der Waals surface area contributed by atoms with Crippen molar-refractivity contribution in [2.24, 2.45) is 0 Å². The molecule has 3 amide bonds. The summed E-state index contributed by atoms with van der Waals surface area (Å²) in [5, 5.41) is 2.72. The maximum atomic E-state index is 13.3. The molecule has 0 saturated carbocycles. The lowest BCUT2D eigenvalue weighted by Crippen LogP contribution is -2.35. The van der Waals surface area contributed by atoms with Gasteiger partial charge in [-0.2, -0.15) is 0 Å². The zero-order valence-corrected chi connectivity index (χ0v) is 19.4. The number of hydrogen-bond donors (Lipinski definition) is 1. The maximum Gasteiger partial charge on any atom is 0.338 e. The Morgan fingerprint density at radius 1 is 1.06 bits per heavy atom. The molecule has 0 aromatic heterocycles. The van der Waals surface area contributed by atoms with Crippen LogP contribution >= 0.6 is 24.0 Å². The van der Waals surface area contributed by atoms with E-state index in [1.165, 1.54) is 9.80 Å². The second kappa shape index (κ2) is 9.16. The number of benzene rings is 2. The van der Waals surface area contributed by atoms with Crippen LogP contribution in [0.2, 0.25) is 0 Å². The van der Waals surface area contributed by atoms with Gasteiger partial charge in [-0.3, -0.25) is 24.2 Å². The quantitative estimate of drug-likeness (QED) is 0.398. The standard InChI is InChI=1S/C23H19N3O5S2/c1-3-31-22(30)13-8-10-14(11-9-13)24-17(27)12-26-16-7-5-4-6-15(16)18(20(26)28)19-21(29)25(2)23(32)33-19/h4-11H,3,12H2,1-2H3,(H,24,27)/b19-18-. The number of nitrogens with zero attached hydrogens (tertiary/aromatic N) is 2. The van der Waals surface area contributed by atoms with E-state index < -0.39 is 17.8 Å². The number of hydrogen-bond acceptors (Lipinski definition) is 7. The van der Waals surface area contributed by atoms with Crippen LogP contribution in [0, 0.1) is 0 Å². The Balaban J connectivity index is 1.55. The van der Waals surface area contributed by atoms with Crippen LogP contribution in [0.3, 0.4) is 0 Å². The number of carbonyl (C=O) groups is 4. The Kier molecular flexibility index (Phi) is 6.30. The summed E-state index contributed by atoms with van der Waals surface area (Å²) < 4.78 is 5.31. The van der Waals surface area contributed by atoms with Gasteiger partial charge in [0.1, 0.15) is 10.9 Å². The average molecular weight is 482 g/mol. The van der Waals surface area contributed by atoms with Gasteiger partial charge in [0, 0.05) is 18.3 Å². The number of carbonyl (C=O) groups excluding carboxylic acids is 4. The fourth-order valence-corrected chi connectivity index (χ4v) is 4.75. The molecule has 10 heteroatoms. The molecule has 0 bridgehead atoms. The highest BCUT2D eigenvalue weighted by Crippen LogP contribution is 2.44. The molecule has 2 aromatic rings. The van der Waals surface area contributed by atoms with Gasteiger partial charge in [0.2, 0.25) is 5.91 Å². The van der Waals surface area contributed by atoms with Gasteiger partial charge in [0.25, 0.3) is 11.8 Å². The Bertz CT molecular complexity index is 1220. The molecule has 0 spiro atoms. The molecule has 2 aliphatic heterocycles. The molecule has 1 saturated heterocycles. The summed E-state index contributed by atoms with van der Waals surface area (Å²) in [6.07, 6.45) is 0. The van der Waals surface area contributed by atoms with Crippen LogP contribution in [-0.2, 0) is 19.1 Å². The van der Waals surface area contributed by atoms with Crippen molar-refractivity contribution >= 4 is 68.9 Å². The van der Waals surface area contributed by atoms with E-state index >= 15 is 0 Å². The monoisotopic (exact) mass is 481 g/mol. The maximum absolute atomic E-state index is 13.3. The number of ether oxygens (including phenoxy) is 1. The highest BCUT2D eigenvalue weighted by atomic mass is 32.2. The molecule has 4 rings (SSSR count). The summed E-state index contributed by atoms with van der Waals surface area (Å²) in [5.74, 6) is -1.64. The number of amides is 3. The second-order valence-corrected chi connectivity index (χ2v) is 8.83. The molecule has 0 atom stereocenters. The lowest BCUT2D eigenvalue weighted by molar-refractivity contribution is -0.121. The van der Waals surface area contributed by atoms with Crippen molar-refractivity contribution in [1.29, 1.82) is 0 Å². The molecule has 0 radical (unpaired) electrons. The Hall–Kier alpha value is -3.50. The van der Waals surface area contributed by atoms with Crippen LogP contribution in [0.1, 0.15) is 22.8 Å². The number of esters is 1. The number of likely N-dealkylation sites (N-methyl/N-ethyl adjacent to an activating group) is 1. The first-order valence-electron chi connectivity index (χ1n) is 10.0. The van der Waals surface area contributed by atoms with Crippen molar-refractivity contribution in [3.05, 3.63) is 64.6 Å². The minimum atomic E-state index is -0.445. The third kappa shape index (κ3) is 4.27. The van der Waals surface area contributed by atoms with Crippen LogP contribution in [0.4, 0.5) is 11.4 Å². The first-order valence-corrected chi connectivity index (χ1v) is 11.3. The van der Waals surface area contributed by atoms with Crippen molar-refractivity contribution < 1.29 is 23.9 Å². The van der Waals surface area contributed by atoms with Gasteiger partial charge in [-0.15, -0.1) is 0 Å². The van der Waals surface area contributed by atoms with E-state index in [0.717, 1.165) is 11.8 Å². The van der Waals surface area contributed by atoms with Crippen molar-refractivity contribution in [1.82, 2.24) is 4.90 Å². The van der Waals surface area contributed by atoms with Gasteiger partial charge >= 0.3 is 5.97 Å². The Morgan fingerprint density at radius 3 is 2.39 bits per heavy atom. The number of rotatable bonds is 5. The fourth-order valence-electron chi connectivity index (χ4n) is 3.50. The molecule has 2 heterocycles. The normalized spacial score (nSPS) is 17.5. The van der Waals surface area contributed by atoms with E-state index in [9.17, 15) is 19.2 Å². The molecular weight excluding hydrogens is 462 g/mol. The number of thioether (sulfide) groups is 1. The van der Waals surface area contributed by atoms with Gasteiger partial charge < -0.3 is 10.1 Å². The van der Waals surface area contributed by atoms with Crippen molar-refractivity contribution in [3.63, 3.8) is 0 Å². The number of thiocarbonyl (C=S) groups is 1. The van der Waals surface area contributed by atoms with Gasteiger partial charge in [-0.25, -0.2) is 4.79 Å². The summed E-state index contributed by atoms with van der Waals surface area (Å²) in [6.45, 7) is 1.75. The van der Waals surface area contributed by atoms with Gasteiger partial charge in [0.05, 0.1) is 28.3 Å². The van der Waals surface area contributed by atoms with Crippen LogP contribution in [-0.4, -0.2) is 53.1 Å². The summed E-state index contributed by atoms with van der Waals surface area (Å²) >= 11 is 6.28. The van der Waals surface area contributed by atoms with E-state index in [1.54, 1.807) is 62.5 Å². The zero-order chi connectivity index (χ0) is 23.7. The second-order valence-electron chi connectivity index (χ2n) is 7.19. The highest BCUT2D eigenvalue weighted by molar-refractivity contribution is 8.26. The summed E-state index contributed by atoms with van der Waals surface area (Å²) in [6, 6.07) is 13.3. The molecule has 0 aliphatic carbocycles. The first-order chi connectivity index (χ1) is 15.8. The zero-order valence-electron chi connectivity index (χ0n) is 17.8. The van der Waals surface area contributed by atoms with Gasteiger partial charge in [-0.1, -0.05) is 42.2 Å². The van der Waals surface area contributed by atoms with E-state index in [-0.39, 0.29) is 29.5 Å². The lowest BCUT2D eigenvalue weighted by atomic mass is 10.1. The SMILES string of the molecule is CCOC(=O)c1ccc(NC(=O)CN2C(=O)/C(=C3\SC(=S)N(C)C3=O)c3ccccc32)cc1. The number of nitrogens with one attached hydrogen (secondary N) is 1. The van der Waals surface area contributed by atoms with Gasteiger partial charge in [0.15, 0.2) is 0 Å². The molecule has 33 heavy (non-hydrogen) atoms.